The number of anilines is 1. The Morgan fingerprint density at radius 2 is 2.14 bits per heavy atom. The highest BCUT2D eigenvalue weighted by Crippen LogP contribution is 2.31. The average molecular weight is 290 g/mol. The summed E-state index contributed by atoms with van der Waals surface area (Å²) in [5, 5.41) is 7.68. The molecule has 2 aliphatic heterocycles. The summed E-state index contributed by atoms with van der Waals surface area (Å²) in [6.45, 7) is 5.23. The number of nitrogens with one attached hydrogen (secondary N) is 1. The molecule has 3 rings (SSSR count). The number of benzene rings is 1. The number of nitrogens with zero attached hydrogens (tertiary/aromatic N) is 2. The molecule has 4 nitrogen and oxygen atoms in total. The molecule has 1 aromatic carbocycles. The van der Waals surface area contributed by atoms with Crippen molar-refractivity contribution in [2.24, 2.45) is 5.73 Å². The van der Waals surface area contributed by atoms with Crippen LogP contribution < -0.4 is 10.6 Å². The van der Waals surface area contributed by atoms with Crippen LogP contribution in [0.3, 0.4) is 0 Å². The zero-order chi connectivity index (χ0) is 15.0. The fourth-order valence-electron chi connectivity index (χ4n) is 3.71. The van der Waals surface area contributed by atoms with Gasteiger partial charge < -0.3 is 10.6 Å². The van der Waals surface area contributed by atoms with E-state index in [1.54, 1.807) is 6.07 Å². The lowest BCUT2D eigenvalue weighted by atomic mass is 9.96. The summed E-state index contributed by atoms with van der Waals surface area (Å²) in [5.41, 5.74) is 6.61. The van der Waals surface area contributed by atoms with Crippen LogP contribution in [-0.4, -0.2) is 42.5 Å². The number of piperidine rings is 1. The number of nitrogens with two attached hydrogens (primary N) is 1. The summed E-state index contributed by atoms with van der Waals surface area (Å²) in [5.74, 6) is -0.598. The zero-order valence-corrected chi connectivity index (χ0v) is 12.5. The highest BCUT2D eigenvalue weighted by atomic mass is 19.1. The van der Waals surface area contributed by atoms with Crippen molar-refractivity contribution in [1.29, 1.82) is 5.41 Å². The van der Waals surface area contributed by atoms with E-state index < -0.39 is 5.82 Å². The molecule has 114 valence electrons. The summed E-state index contributed by atoms with van der Waals surface area (Å²) >= 11 is 0. The molecule has 2 aliphatic rings. The molecule has 0 amide bonds. The first kappa shape index (κ1) is 14.3. The zero-order valence-electron chi connectivity index (χ0n) is 12.5. The van der Waals surface area contributed by atoms with Gasteiger partial charge in [0, 0.05) is 25.2 Å². The van der Waals surface area contributed by atoms with E-state index in [1.807, 2.05) is 6.07 Å². The van der Waals surface area contributed by atoms with Crippen molar-refractivity contribution in [2.75, 3.05) is 24.5 Å². The molecular weight excluding hydrogens is 267 g/mol. The van der Waals surface area contributed by atoms with Crippen LogP contribution in [0.1, 0.15) is 31.7 Å². The number of fused-ring (bicyclic) bond motifs is 1. The average Bonchev–Trinajstić information content (AvgIpc) is 2.45. The van der Waals surface area contributed by atoms with Gasteiger partial charge in [0.25, 0.3) is 0 Å². The Morgan fingerprint density at radius 1 is 1.33 bits per heavy atom. The molecule has 3 N–H and O–H groups in total. The Labute approximate surface area is 125 Å². The first-order valence-corrected chi connectivity index (χ1v) is 7.71. The van der Waals surface area contributed by atoms with E-state index in [0.717, 1.165) is 18.8 Å². The molecule has 2 heterocycles. The van der Waals surface area contributed by atoms with Gasteiger partial charge in [-0.2, -0.15) is 0 Å². The second-order valence-electron chi connectivity index (χ2n) is 6.19. The standard InChI is InChI=1S/C16H23FN4/c1-11-9-20-8-3-2-5-12(20)10-21(11)14-7-4-6-13(17)15(14)16(18)19/h4,6-7,11-12H,2-3,5,8-10H2,1H3,(H3,18,19). The molecule has 21 heavy (non-hydrogen) atoms. The number of hydrogen-bond donors (Lipinski definition) is 2. The molecule has 2 fully saturated rings. The third kappa shape index (κ3) is 2.62. The van der Waals surface area contributed by atoms with E-state index in [0.29, 0.717) is 12.1 Å². The molecule has 0 saturated carbocycles. The van der Waals surface area contributed by atoms with Gasteiger partial charge in [-0.1, -0.05) is 12.5 Å². The molecule has 5 heteroatoms. The SMILES string of the molecule is CC1CN2CCCCC2CN1c1cccc(F)c1C(=N)N. The molecule has 0 bridgehead atoms. The summed E-state index contributed by atoms with van der Waals surface area (Å²) < 4.78 is 14.1. The first-order chi connectivity index (χ1) is 10.1. The molecular formula is C16H23FN4. The van der Waals surface area contributed by atoms with Gasteiger partial charge in [-0.3, -0.25) is 10.3 Å². The van der Waals surface area contributed by atoms with Gasteiger partial charge in [-0.05, 0) is 38.4 Å². The molecule has 0 aromatic heterocycles. The summed E-state index contributed by atoms with van der Waals surface area (Å²) in [4.78, 5) is 4.78. The highest BCUT2D eigenvalue weighted by Gasteiger charge is 2.34. The van der Waals surface area contributed by atoms with E-state index in [1.165, 1.54) is 31.9 Å². The molecule has 0 radical (unpaired) electrons. The van der Waals surface area contributed by atoms with E-state index in [9.17, 15) is 4.39 Å². The van der Waals surface area contributed by atoms with Crippen LogP contribution in [0.5, 0.6) is 0 Å². The molecule has 0 aliphatic carbocycles. The Kier molecular flexibility index (Phi) is 3.85. The highest BCUT2D eigenvalue weighted by molar-refractivity contribution is 6.00. The Hall–Kier alpha value is -1.62. The molecule has 2 saturated heterocycles. The minimum Gasteiger partial charge on any atom is -0.384 e. The van der Waals surface area contributed by atoms with Crippen molar-refractivity contribution >= 4 is 11.5 Å². The smallest absolute Gasteiger partial charge is 0.136 e. The Bertz CT molecular complexity index is 545. The minimum atomic E-state index is -0.404. The minimum absolute atomic E-state index is 0.193. The number of halogens is 1. The third-order valence-corrected chi connectivity index (χ3v) is 4.76. The van der Waals surface area contributed by atoms with E-state index in [4.69, 9.17) is 11.1 Å². The monoisotopic (exact) mass is 290 g/mol. The molecule has 2 unspecified atom stereocenters. The Morgan fingerprint density at radius 3 is 2.90 bits per heavy atom. The van der Waals surface area contributed by atoms with Crippen LogP contribution in [0.2, 0.25) is 0 Å². The third-order valence-electron chi connectivity index (χ3n) is 4.76. The van der Waals surface area contributed by atoms with Crippen LogP contribution in [-0.2, 0) is 0 Å². The van der Waals surface area contributed by atoms with Crippen molar-refractivity contribution in [3.63, 3.8) is 0 Å². The predicted molar refractivity (Wildman–Crippen MR) is 83.4 cm³/mol. The van der Waals surface area contributed by atoms with Gasteiger partial charge in [0.1, 0.15) is 11.7 Å². The summed E-state index contributed by atoms with van der Waals surface area (Å²) in [7, 11) is 0. The number of nitrogen functional groups attached to an aromatic ring is 1. The van der Waals surface area contributed by atoms with Crippen LogP contribution in [0.25, 0.3) is 0 Å². The van der Waals surface area contributed by atoms with Gasteiger partial charge in [0.2, 0.25) is 0 Å². The van der Waals surface area contributed by atoms with Crippen molar-refractivity contribution in [3.05, 3.63) is 29.6 Å². The van der Waals surface area contributed by atoms with Gasteiger partial charge in [-0.15, -0.1) is 0 Å². The lowest BCUT2D eigenvalue weighted by Crippen LogP contribution is -2.59. The molecule has 2 atom stereocenters. The molecule has 1 aromatic rings. The summed E-state index contributed by atoms with van der Waals surface area (Å²) in [6, 6.07) is 5.81. The molecule has 0 spiro atoms. The lowest BCUT2D eigenvalue weighted by Gasteiger charge is -2.48. The van der Waals surface area contributed by atoms with Gasteiger partial charge in [-0.25, -0.2) is 4.39 Å². The van der Waals surface area contributed by atoms with Crippen LogP contribution in [0.4, 0.5) is 10.1 Å². The number of piperazine rings is 1. The predicted octanol–water partition coefficient (Wildman–Crippen LogP) is 2.17. The van der Waals surface area contributed by atoms with Gasteiger partial charge >= 0.3 is 0 Å². The summed E-state index contributed by atoms with van der Waals surface area (Å²) in [6.07, 6.45) is 3.75. The first-order valence-electron chi connectivity index (χ1n) is 7.71. The number of amidine groups is 1. The topological polar surface area (TPSA) is 56.4 Å². The fourth-order valence-corrected chi connectivity index (χ4v) is 3.71. The maximum Gasteiger partial charge on any atom is 0.136 e. The van der Waals surface area contributed by atoms with E-state index >= 15 is 0 Å². The van der Waals surface area contributed by atoms with E-state index in [2.05, 4.69) is 16.7 Å². The number of hydrogen-bond acceptors (Lipinski definition) is 3. The van der Waals surface area contributed by atoms with Crippen molar-refractivity contribution in [1.82, 2.24) is 4.90 Å². The maximum absolute atomic E-state index is 14.1. The lowest BCUT2D eigenvalue weighted by molar-refractivity contribution is 0.115. The fraction of sp³-hybridized carbons (Fsp3) is 0.562. The van der Waals surface area contributed by atoms with Gasteiger partial charge in [0.15, 0.2) is 0 Å². The second kappa shape index (κ2) is 5.64. The largest absolute Gasteiger partial charge is 0.384 e. The van der Waals surface area contributed by atoms with Crippen LogP contribution in [0.15, 0.2) is 18.2 Å². The van der Waals surface area contributed by atoms with Gasteiger partial charge in [0.05, 0.1) is 11.3 Å². The normalized spacial score (nSPS) is 26.5. The van der Waals surface area contributed by atoms with Crippen molar-refractivity contribution < 1.29 is 4.39 Å². The Balaban J connectivity index is 1.93. The quantitative estimate of drug-likeness (QED) is 0.648. The van der Waals surface area contributed by atoms with Crippen LogP contribution in [0, 0.1) is 11.2 Å². The van der Waals surface area contributed by atoms with Crippen LogP contribution >= 0.6 is 0 Å². The van der Waals surface area contributed by atoms with E-state index in [-0.39, 0.29) is 11.4 Å². The van der Waals surface area contributed by atoms with Crippen molar-refractivity contribution in [2.45, 2.75) is 38.3 Å². The second-order valence-corrected chi connectivity index (χ2v) is 6.19. The number of rotatable bonds is 2. The maximum atomic E-state index is 14.1. The van der Waals surface area contributed by atoms with Crippen molar-refractivity contribution in [3.8, 4) is 0 Å².